The van der Waals surface area contributed by atoms with Crippen molar-refractivity contribution in [1.29, 1.82) is 0 Å². The maximum absolute atomic E-state index is 4.59. The molecule has 110 valence electrons. The van der Waals surface area contributed by atoms with Gasteiger partial charge in [0.2, 0.25) is 0 Å². The highest BCUT2D eigenvalue weighted by molar-refractivity contribution is 5.71. The number of nitrogens with zero attached hydrogens (tertiary/aromatic N) is 2. The SMILES string of the molecule is c1ccc2c(c1)NCC(c1cnn(C3CCNCC3)c1)N2. The molecule has 1 aromatic heterocycles. The molecule has 2 aromatic rings. The van der Waals surface area contributed by atoms with E-state index in [1.165, 1.54) is 29.8 Å². The lowest BCUT2D eigenvalue weighted by Gasteiger charge is -2.27. The Labute approximate surface area is 124 Å². The van der Waals surface area contributed by atoms with E-state index in [1.807, 2.05) is 6.20 Å². The minimum Gasteiger partial charge on any atom is -0.381 e. The predicted octanol–water partition coefficient (Wildman–Crippen LogP) is 2.39. The van der Waals surface area contributed by atoms with Crippen LogP contribution in [0, 0.1) is 0 Å². The van der Waals surface area contributed by atoms with Gasteiger partial charge >= 0.3 is 0 Å². The molecule has 0 bridgehead atoms. The Morgan fingerprint density at radius 1 is 1.10 bits per heavy atom. The predicted molar refractivity (Wildman–Crippen MR) is 84.7 cm³/mol. The maximum Gasteiger partial charge on any atom is 0.0717 e. The van der Waals surface area contributed by atoms with E-state index in [2.05, 4.69) is 56.2 Å². The van der Waals surface area contributed by atoms with Gasteiger partial charge in [-0.15, -0.1) is 0 Å². The van der Waals surface area contributed by atoms with Gasteiger partial charge in [-0.25, -0.2) is 0 Å². The van der Waals surface area contributed by atoms with Gasteiger partial charge in [0.05, 0.1) is 29.7 Å². The van der Waals surface area contributed by atoms with Crippen LogP contribution in [0.3, 0.4) is 0 Å². The van der Waals surface area contributed by atoms with Crippen molar-refractivity contribution in [2.24, 2.45) is 0 Å². The van der Waals surface area contributed by atoms with Gasteiger partial charge in [0.25, 0.3) is 0 Å². The molecule has 0 radical (unpaired) electrons. The molecule has 1 aromatic carbocycles. The van der Waals surface area contributed by atoms with E-state index in [0.717, 1.165) is 19.6 Å². The highest BCUT2D eigenvalue weighted by Gasteiger charge is 2.21. The van der Waals surface area contributed by atoms with Crippen molar-refractivity contribution in [3.8, 4) is 0 Å². The van der Waals surface area contributed by atoms with Crippen LogP contribution in [-0.4, -0.2) is 29.4 Å². The average Bonchev–Trinajstić information content (AvgIpc) is 3.05. The fraction of sp³-hybridized carbons (Fsp3) is 0.438. The Kier molecular flexibility index (Phi) is 3.27. The van der Waals surface area contributed by atoms with E-state index in [9.17, 15) is 0 Å². The molecule has 1 saturated heterocycles. The van der Waals surface area contributed by atoms with Crippen molar-refractivity contribution in [2.45, 2.75) is 24.9 Å². The number of para-hydroxylation sites is 2. The third-order valence-electron chi connectivity index (χ3n) is 4.46. The third-order valence-corrected chi connectivity index (χ3v) is 4.46. The first kappa shape index (κ1) is 12.7. The minimum atomic E-state index is 0.287. The second kappa shape index (κ2) is 5.41. The first-order valence-electron chi connectivity index (χ1n) is 7.74. The molecule has 1 fully saturated rings. The largest absolute Gasteiger partial charge is 0.381 e. The van der Waals surface area contributed by atoms with Crippen LogP contribution < -0.4 is 16.0 Å². The Morgan fingerprint density at radius 2 is 1.90 bits per heavy atom. The molecule has 0 aliphatic carbocycles. The van der Waals surface area contributed by atoms with Crippen molar-refractivity contribution in [2.75, 3.05) is 30.3 Å². The Balaban J connectivity index is 1.51. The van der Waals surface area contributed by atoms with E-state index < -0.39 is 0 Å². The van der Waals surface area contributed by atoms with Gasteiger partial charge < -0.3 is 16.0 Å². The van der Waals surface area contributed by atoms with E-state index in [4.69, 9.17) is 0 Å². The van der Waals surface area contributed by atoms with E-state index in [-0.39, 0.29) is 6.04 Å². The molecule has 3 heterocycles. The molecule has 0 amide bonds. The number of nitrogens with one attached hydrogen (secondary N) is 3. The molecule has 0 spiro atoms. The molecule has 2 aliphatic heterocycles. The topological polar surface area (TPSA) is 53.9 Å². The van der Waals surface area contributed by atoms with Crippen molar-refractivity contribution >= 4 is 11.4 Å². The number of rotatable bonds is 2. The molecular formula is C16H21N5. The summed E-state index contributed by atoms with van der Waals surface area (Å²) in [7, 11) is 0. The second-order valence-corrected chi connectivity index (χ2v) is 5.86. The van der Waals surface area contributed by atoms with Crippen molar-refractivity contribution in [1.82, 2.24) is 15.1 Å². The lowest BCUT2D eigenvalue weighted by atomic mass is 10.1. The highest BCUT2D eigenvalue weighted by Crippen LogP contribution is 2.31. The average molecular weight is 283 g/mol. The number of hydrogen-bond acceptors (Lipinski definition) is 4. The Morgan fingerprint density at radius 3 is 2.76 bits per heavy atom. The molecule has 5 heteroatoms. The van der Waals surface area contributed by atoms with Crippen LogP contribution in [0.25, 0.3) is 0 Å². The van der Waals surface area contributed by atoms with Crippen molar-refractivity contribution in [3.05, 3.63) is 42.2 Å². The summed E-state index contributed by atoms with van der Waals surface area (Å²) in [5, 5.41) is 15.1. The van der Waals surface area contributed by atoms with Crippen LogP contribution in [-0.2, 0) is 0 Å². The summed E-state index contributed by atoms with van der Waals surface area (Å²) < 4.78 is 2.15. The number of hydrogen-bond donors (Lipinski definition) is 3. The van der Waals surface area contributed by atoms with Gasteiger partial charge in [-0.05, 0) is 38.1 Å². The van der Waals surface area contributed by atoms with Crippen molar-refractivity contribution < 1.29 is 0 Å². The van der Waals surface area contributed by atoms with Gasteiger partial charge in [-0.2, -0.15) is 5.10 Å². The van der Waals surface area contributed by atoms with Crippen LogP contribution in [0.15, 0.2) is 36.7 Å². The summed E-state index contributed by atoms with van der Waals surface area (Å²) in [5.74, 6) is 0. The molecule has 1 unspecified atom stereocenters. The quantitative estimate of drug-likeness (QED) is 0.792. The molecule has 4 rings (SSSR count). The lowest BCUT2D eigenvalue weighted by Crippen LogP contribution is -2.29. The number of anilines is 2. The van der Waals surface area contributed by atoms with Crippen LogP contribution >= 0.6 is 0 Å². The van der Waals surface area contributed by atoms with Gasteiger partial charge in [0.1, 0.15) is 0 Å². The number of benzene rings is 1. The maximum atomic E-state index is 4.59. The third kappa shape index (κ3) is 2.49. The Hall–Kier alpha value is -2.01. The standard InChI is InChI=1S/C16H21N5/c1-2-4-15-14(3-1)18-10-16(20-15)12-9-19-21(11-12)13-5-7-17-8-6-13/h1-4,9,11,13,16-18,20H,5-8,10H2. The van der Waals surface area contributed by atoms with E-state index >= 15 is 0 Å². The zero-order valence-electron chi connectivity index (χ0n) is 12.0. The highest BCUT2D eigenvalue weighted by atomic mass is 15.3. The summed E-state index contributed by atoms with van der Waals surface area (Å²) in [5.41, 5.74) is 3.61. The molecule has 5 nitrogen and oxygen atoms in total. The summed E-state index contributed by atoms with van der Waals surface area (Å²) in [4.78, 5) is 0. The molecule has 3 N–H and O–H groups in total. The molecule has 21 heavy (non-hydrogen) atoms. The number of aromatic nitrogens is 2. The lowest BCUT2D eigenvalue weighted by molar-refractivity contribution is 0.343. The van der Waals surface area contributed by atoms with Gasteiger partial charge in [0.15, 0.2) is 0 Å². The Bertz CT molecular complexity index is 615. The van der Waals surface area contributed by atoms with Crippen LogP contribution in [0.5, 0.6) is 0 Å². The van der Waals surface area contributed by atoms with E-state index in [1.54, 1.807) is 0 Å². The summed E-state index contributed by atoms with van der Waals surface area (Å²) in [6.45, 7) is 3.09. The molecular weight excluding hydrogens is 262 g/mol. The van der Waals surface area contributed by atoms with Crippen molar-refractivity contribution in [3.63, 3.8) is 0 Å². The fourth-order valence-electron chi connectivity index (χ4n) is 3.22. The monoisotopic (exact) mass is 283 g/mol. The molecule has 2 aliphatic rings. The summed E-state index contributed by atoms with van der Waals surface area (Å²) in [6, 6.07) is 9.18. The molecule has 1 atom stereocenters. The summed E-state index contributed by atoms with van der Waals surface area (Å²) >= 11 is 0. The number of piperidine rings is 1. The summed E-state index contributed by atoms with van der Waals surface area (Å²) in [6.07, 6.45) is 6.55. The van der Waals surface area contributed by atoms with Crippen LogP contribution in [0.4, 0.5) is 11.4 Å². The molecule has 0 saturated carbocycles. The van der Waals surface area contributed by atoms with E-state index in [0.29, 0.717) is 6.04 Å². The minimum absolute atomic E-state index is 0.287. The fourth-order valence-corrected chi connectivity index (χ4v) is 3.22. The second-order valence-electron chi connectivity index (χ2n) is 5.86. The normalized spacial score (nSPS) is 22.2. The van der Waals surface area contributed by atoms with Gasteiger partial charge in [0, 0.05) is 18.3 Å². The van der Waals surface area contributed by atoms with Crippen LogP contribution in [0.2, 0.25) is 0 Å². The first-order valence-corrected chi connectivity index (χ1v) is 7.74. The van der Waals surface area contributed by atoms with Crippen LogP contribution in [0.1, 0.15) is 30.5 Å². The van der Waals surface area contributed by atoms with Gasteiger partial charge in [-0.3, -0.25) is 4.68 Å². The smallest absolute Gasteiger partial charge is 0.0717 e. The number of fused-ring (bicyclic) bond motifs is 1. The zero-order chi connectivity index (χ0) is 14.1. The van der Waals surface area contributed by atoms with Gasteiger partial charge in [-0.1, -0.05) is 12.1 Å². The zero-order valence-corrected chi connectivity index (χ0v) is 12.0. The first-order chi connectivity index (χ1) is 10.4.